The maximum atomic E-state index is 14.0. The number of aliphatic imine (C=N–C) groups is 1. The van der Waals surface area contributed by atoms with Gasteiger partial charge in [-0.25, -0.2) is 0 Å². The van der Waals surface area contributed by atoms with E-state index in [0.717, 1.165) is 5.56 Å². The molecule has 1 saturated heterocycles. The number of aliphatic hydroxyl groups is 2. The average Bonchev–Trinajstić information content (AvgIpc) is 3.40. The third-order valence-electron chi connectivity index (χ3n) is 7.60. The molecule has 1 heterocycles. The van der Waals surface area contributed by atoms with Crippen LogP contribution in [-0.4, -0.2) is 92.9 Å². The highest BCUT2D eigenvalue weighted by Crippen LogP contribution is 2.25. The molecule has 13 heteroatoms. The third kappa shape index (κ3) is 10.4. The molecule has 1 fully saturated rings. The minimum Gasteiger partial charge on any atom is -0.508 e. The number of phenols is 2. The van der Waals surface area contributed by atoms with Crippen LogP contribution >= 0.6 is 0 Å². The Morgan fingerprint density at radius 3 is 2.18 bits per heavy atom. The SMILES string of the molecule is C[C@H]1C[C@@H](C(=O)N[C@@H](CO)CCCN=C(N)N)N(C(=O)[C@@H](Cc2ccc(O)cc2)NC(=O)[C@H](O)CCc2ccc(O)cc2)C1. The number of hydrogen-bond acceptors (Lipinski definition) is 8. The van der Waals surface area contributed by atoms with Crippen molar-refractivity contribution < 1.29 is 34.8 Å². The molecular formula is C31H44N6O7. The number of rotatable bonds is 15. The summed E-state index contributed by atoms with van der Waals surface area (Å²) in [5.74, 6) is -1.49. The Balaban J connectivity index is 1.72. The van der Waals surface area contributed by atoms with Gasteiger partial charge < -0.3 is 47.4 Å². The van der Waals surface area contributed by atoms with Crippen LogP contribution in [0.15, 0.2) is 53.5 Å². The molecule has 0 unspecified atom stereocenters. The lowest BCUT2D eigenvalue weighted by atomic mass is 10.0. The van der Waals surface area contributed by atoms with Crippen molar-refractivity contribution in [1.82, 2.24) is 15.5 Å². The first-order valence-electron chi connectivity index (χ1n) is 14.8. The molecule has 10 N–H and O–H groups in total. The van der Waals surface area contributed by atoms with E-state index in [4.69, 9.17) is 11.5 Å². The first-order valence-corrected chi connectivity index (χ1v) is 14.8. The zero-order valence-electron chi connectivity index (χ0n) is 24.9. The molecule has 0 aromatic heterocycles. The fourth-order valence-electron chi connectivity index (χ4n) is 5.22. The number of likely N-dealkylation sites (tertiary alicyclic amines) is 1. The summed E-state index contributed by atoms with van der Waals surface area (Å²) < 4.78 is 0. The highest BCUT2D eigenvalue weighted by atomic mass is 16.3. The molecule has 0 bridgehead atoms. The van der Waals surface area contributed by atoms with Crippen molar-refractivity contribution in [3.8, 4) is 11.5 Å². The second-order valence-corrected chi connectivity index (χ2v) is 11.3. The van der Waals surface area contributed by atoms with Gasteiger partial charge in [0.1, 0.15) is 29.7 Å². The molecule has 3 rings (SSSR count). The third-order valence-corrected chi connectivity index (χ3v) is 7.60. The lowest BCUT2D eigenvalue weighted by Gasteiger charge is -2.30. The first kappa shape index (κ1) is 34.1. The van der Waals surface area contributed by atoms with Crippen molar-refractivity contribution in [3.63, 3.8) is 0 Å². The summed E-state index contributed by atoms with van der Waals surface area (Å²) in [6, 6.07) is 10.2. The van der Waals surface area contributed by atoms with E-state index in [9.17, 15) is 34.8 Å². The van der Waals surface area contributed by atoms with Gasteiger partial charge in [0.2, 0.25) is 17.7 Å². The quantitative estimate of drug-likeness (QED) is 0.0762. The van der Waals surface area contributed by atoms with Crippen LogP contribution in [0.4, 0.5) is 0 Å². The van der Waals surface area contributed by atoms with Crippen molar-refractivity contribution in [2.75, 3.05) is 19.7 Å². The van der Waals surface area contributed by atoms with E-state index in [-0.39, 0.29) is 49.4 Å². The lowest BCUT2D eigenvalue weighted by molar-refractivity contribution is -0.143. The van der Waals surface area contributed by atoms with Crippen molar-refractivity contribution in [2.24, 2.45) is 22.4 Å². The van der Waals surface area contributed by atoms with Gasteiger partial charge in [0.05, 0.1) is 12.6 Å². The number of carbonyl (C=O) groups is 3. The Bertz CT molecular complexity index is 1270. The summed E-state index contributed by atoms with van der Waals surface area (Å²) in [7, 11) is 0. The molecule has 1 aliphatic rings. The molecule has 13 nitrogen and oxygen atoms in total. The molecule has 44 heavy (non-hydrogen) atoms. The Morgan fingerprint density at radius 2 is 1.59 bits per heavy atom. The number of carbonyl (C=O) groups excluding carboxylic acids is 3. The predicted octanol–water partition coefficient (Wildman–Crippen LogP) is -0.113. The number of phenolic OH excluding ortho intramolecular Hbond substituents is 2. The van der Waals surface area contributed by atoms with Gasteiger partial charge in [-0.15, -0.1) is 0 Å². The van der Waals surface area contributed by atoms with E-state index < -0.39 is 42.0 Å². The second kappa shape index (κ2) is 16.5. The van der Waals surface area contributed by atoms with E-state index in [1.165, 1.54) is 29.2 Å². The number of hydrogen-bond donors (Lipinski definition) is 8. The Labute approximate surface area is 257 Å². The van der Waals surface area contributed by atoms with E-state index in [1.54, 1.807) is 24.3 Å². The van der Waals surface area contributed by atoms with Gasteiger partial charge in [-0.2, -0.15) is 0 Å². The van der Waals surface area contributed by atoms with Crippen LogP contribution < -0.4 is 22.1 Å². The molecule has 0 aliphatic carbocycles. The summed E-state index contributed by atoms with van der Waals surface area (Å²) >= 11 is 0. The number of aliphatic hydroxyl groups excluding tert-OH is 2. The van der Waals surface area contributed by atoms with Gasteiger partial charge >= 0.3 is 0 Å². The predicted molar refractivity (Wildman–Crippen MR) is 164 cm³/mol. The maximum Gasteiger partial charge on any atom is 0.249 e. The van der Waals surface area contributed by atoms with Crippen molar-refractivity contribution in [2.45, 2.75) is 69.7 Å². The highest BCUT2D eigenvalue weighted by Gasteiger charge is 2.41. The fourth-order valence-corrected chi connectivity index (χ4v) is 5.22. The Morgan fingerprint density at radius 1 is 0.977 bits per heavy atom. The molecule has 0 spiro atoms. The molecule has 2 aromatic carbocycles. The fraction of sp³-hybridized carbons (Fsp3) is 0.484. The molecule has 240 valence electrons. The number of nitrogens with zero attached hydrogens (tertiary/aromatic N) is 2. The number of amides is 3. The van der Waals surface area contributed by atoms with Crippen LogP contribution in [0.5, 0.6) is 11.5 Å². The Kier molecular flexibility index (Phi) is 12.8. The molecular weight excluding hydrogens is 568 g/mol. The van der Waals surface area contributed by atoms with Crippen LogP contribution in [0, 0.1) is 5.92 Å². The zero-order chi connectivity index (χ0) is 32.2. The summed E-state index contributed by atoms with van der Waals surface area (Å²) in [6.07, 6.45) is 0.487. The molecule has 0 radical (unpaired) electrons. The second-order valence-electron chi connectivity index (χ2n) is 11.3. The van der Waals surface area contributed by atoms with Gasteiger partial charge in [-0.1, -0.05) is 31.2 Å². The number of aromatic hydroxyl groups is 2. The summed E-state index contributed by atoms with van der Waals surface area (Å²) in [5, 5.41) is 45.1. The van der Waals surface area contributed by atoms with Crippen LogP contribution in [0.2, 0.25) is 0 Å². The normalized spacial score (nSPS) is 18.2. The van der Waals surface area contributed by atoms with Crippen molar-refractivity contribution >= 4 is 23.7 Å². The summed E-state index contributed by atoms with van der Waals surface area (Å²) in [6.45, 7) is 2.26. The van der Waals surface area contributed by atoms with Gasteiger partial charge in [0, 0.05) is 19.5 Å². The number of benzene rings is 2. The van der Waals surface area contributed by atoms with Crippen molar-refractivity contribution in [3.05, 3.63) is 59.7 Å². The summed E-state index contributed by atoms with van der Waals surface area (Å²) in [5.41, 5.74) is 12.2. The van der Waals surface area contributed by atoms with Gasteiger partial charge in [0.15, 0.2) is 5.96 Å². The van der Waals surface area contributed by atoms with Crippen LogP contribution in [0.3, 0.4) is 0 Å². The zero-order valence-corrected chi connectivity index (χ0v) is 24.9. The first-order chi connectivity index (χ1) is 21.0. The van der Waals surface area contributed by atoms with Crippen LogP contribution in [-0.2, 0) is 27.2 Å². The van der Waals surface area contributed by atoms with E-state index in [1.807, 2.05) is 6.92 Å². The highest BCUT2D eigenvalue weighted by molar-refractivity contribution is 5.93. The molecule has 3 amide bonds. The minimum atomic E-state index is -1.40. The summed E-state index contributed by atoms with van der Waals surface area (Å²) in [4.78, 5) is 45.7. The molecule has 5 atom stereocenters. The minimum absolute atomic E-state index is 0.00469. The van der Waals surface area contributed by atoms with Crippen LogP contribution in [0.25, 0.3) is 0 Å². The van der Waals surface area contributed by atoms with Crippen LogP contribution in [0.1, 0.15) is 43.7 Å². The van der Waals surface area contributed by atoms with Crippen molar-refractivity contribution in [1.29, 1.82) is 0 Å². The number of nitrogens with two attached hydrogens (primary N) is 2. The number of guanidine groups is 1. The number of nitrogens with one attached hydrogen (secondary N) is 2. The van der Waals surface area contributed by atoms with E-state index >= 15 is 0 Å². The lowest BCUT2D eigenvalue weighted by Crippen LogP contribution is -2.56. The number of aryl methyl sites for hydroxylation is 1. The van der Waals surface area contributed by atoms with Gasteiger partial charge in [-0.3, -0.25) is 19.4 Å². The smallest absolute Gasteiger partial charge is 0.249 e. The van der Waals surface area contributed by atoms with E-state index in [0.29, 0.717) is 37.8 Å². The Hall–Kier alpha value is -4.36. The topological polar surface area (TPSA) is 224 Å². The van der Waals surface area contributed by atoms with Gasteiger partial charge in [-0.05, 0) is 73.4 Å². The van der Waals surface area contributed by atoms with E-state index in [2.05, 4.69) is 15.6 Å². The molecule has 2 aromatic rings. The molecule has 0 saturated carbocycles. The largest absolute Gasteiger partial charge is 0.508 e. The monoisotopic (exact) mass is 612 g/mol. The average molecular weight is 613 g/mol. The molecule has 1 aliphatic heterocycles. The van der Waals surface area contributed by atoms with Gasteiger partial charge in [0.25, 0.3) is 0 Å². The maximum absolute atomic E-state index is 14.0. The standard InChI is InChI=1S/C31H44N6O7/c1-19-15-26(28(42)35-22(18-38)3-2-14-34-31(32)33)37(17-19)30(44)25(16-21-6-11-24(40)12-7-21)36-29(43)27(41)13-8-20-4-9-23(39)10-5-20/h4-7,9-12,19,22,25-27,38-41H,2-3,8,13-18H2,1H3,(H,35,42)(H,36,43)(H4,32,33,34)/t19-,22+,25+,26-,27+/m0/s1.